The van der Waals surface area contributed by atoms with Gasteiger partial charge in [-0.05, 0) is 25.1 Å². The van der Waals surface area contributed by atoms with E-state index in [4.69, 9.17) is 9.47 Å². The van der Waals surface area contributed by atoms with E-state index < -0.39 is 21.5 Å². The molecule has 10 heteroatoms. The van der Waals surface area contributed by atoms with Crippen LogP contribution in [-0.2, 0) is 28.9 Å². The molecule has 2 atom stereocenters. The maximum atomic E-state index is 12.9. The summed E-state index contributed by atoms with van der Waals surface area (Å²) in [6.45, 7) is 5.56. The van der Waals surface area contributed by atoms with Gasteiger partial charge in [0.05, 0.1) is 34.8 Å². The Morgan fingerprint density at radius 2 is 1.97 bits per heavy atom. The number of rotatable bonds is 4. The number of fused-ring (bicyclic) bond motifs is 1. The van der Waals surface area contributed by atoms with Gasteiger partial charge in [-0.1, -0.05) is 6.92 Å². The molecule has 8 nitrogen and oxygen atoms in total. The van der Waals surface area contributed by atoms with Crippen molar-refractivity contribution < 1.29 is 27.5 Å². The molecule has 2 saturated heterocycles. The van der Waals surface area contributed by atoms with Crippen LogP contribution in [0, 0.1) is 5.92 Å². The number of thioether (sulfide) groups is 1. The Bertz CT molecular complexity index is 948. The second-order valence-corrected chi connectivity index (χ2v) is 11.4. The zero-order chi connectivity index (χ0) is 21.5. The molecule has 1 aromatic rings. The predicted molar refractivity (Wildman–Crippen MR) is 112 cm³/mol. The van der Waals surface area contributed by atoms with Crippen LogP contribution in [-0.4, -0.2) is 68.2 Å². The van der Waals surface area contributed by atoms with Gasteiger partial charge in [0.25, 0.3) is 0 Å². The zero-order valence-electron chi connectivity index (χ0n) is 17.0. The van der Waals surface area contributed by atoms with E-state index in [2.05, 4.69) is 5.32 Å². The molecule has 0 radical (unpaired) electrons. The molecule has 0 aromatic heterocycles. The number of amides is 2. The molecule has 0 saturated carbocycles. The molecule has 2 fully saturated rings. The minimum absolute atomic E-state index is 0.113. The summed E-state index contributed by atoms with van der Waals surface area (Å²) in [6.07, 6.45) is 1.19. The second-order valence-electron chi connectivity index (χ2n) is 8.02. The molecule has 4 rings (SSSR count). The maximum Gasteiger partial charge on any atom is 0.237 e. The van der Waals surface area contributed by atoms with Crippen LogP contribution in [0.1, 0.15) is 26.7 Å². The van der Waals surface area contributed by atoms with E-state index in [1.165, 1.54) is 17.8 Å². The number of nitrogens with one attached hydrogen (secondary N) is 1. The van der Waals surface area contributed by atoms with Gasteiger partial charge in [-0.3, -0.25) is 9.59 Å². The van der Waals surface area contributed by atoms with E-state index in [1.54, 1.807) is 30.9 Å². The van der Waals surface area contributed by atoms with Gasteiger partial charge in [-0.25, -0.2) is 8.42 Å². The zero-order valence-corrected chi connectivity index (χ0v) is 18.7. The Balaban J connectivity index is 1.41. The Labute approximate surface area is 180 Å². The largest absolute Gasteiger partial charge is 0.347 e. The minimum atomic E-state index is -3.69. The van der Waals surface area contributed by atoms with Crippen molar-refractivity contribution in [3.05, 3.63) is 18.2 Å². The number of benzene rings is 1. The first kappa shape index (κ1) is 21.6. The summed E-state index contributed by atoms with van der Waals surface area (Å²) in [5.41, 5.74) is 0.501. The lowest BCUT2D eigenvalue weighted by Gasteiger charge is -2.38. The lowest BCUT2D eigenvalue weighted by molar-refractivity contribution is -0.188. The first-order valence-electron chi connectivity index (χ1n) is 10.1. The van der Waals surface area contributed by atoms with Crippen molar-refractivity contribution in [3.63, 3.8) is 0 Å². The maximum absolute atomic E-state index is 12.9. The van der Waals surface area contributed by atoms with Crippen molar-refractivity contribution in [2.24, 2.45) is 5.92 Å². The van der Waals surface area contributed by atoms with E-state index in [1.807, 2.05) is 0 Å². The Hall–Kier alpha value is -1.62. The van der Waals surface area contributed by atoms with Gasteiger partial charge in [0.15, 0.2) is 15.6 Å². The molecule has 1 aromatic carbocycles. The molecule has 1 spiro atoms. The van der Waals surface area contributed by atoms with Crippen molar-refractivity contribution in [3.8, 4) is 0 Å². The highest BCUT2D eigenvalue weighted by Gasteiger charge is 2.41. The highest BCUT2D eigenvalue weighted by Crippen LogP contribution is 2.37. The van der Waals surface area contributed by atoms with Crippen molar-refractivity contribution in [2.45, 2.75) is 47.5 Å². The van der Waals surface area contributed by atoms with Crippen molar-refractivity contribution in [2.75, 3.05) is 37.4 Å². The van der Waals surface area contributed by atoms with Crippen molar-refractivity contribution in [1.29, 1.82) is 0 Å². The lowest BCUT2D eigenvalue weighted by atomic mass is 10.0. The third-order valence-corrected chi connectivity index (χ3v) is 8.87. The second kappa shape index (κ2) is 8.14. The Morgan fingerprint density at radius 1 is 1.30 bits per heavy atom. The third kappa shape index (κ3) is 4.23. The average Bonchev–Trinajstić information content (AvgIpc) is 3.16. The molecular weight excluding hydrogens is 428 g/mol. The van der Waals surface area contributed by atoms with Crippen LogP contribution in [0.4, 0.5) is 5.69 Å². The van der Waals surface area contributed by atoms with E-state index in [0.29, 0.717) is 44.8 Å². The van der Waals surface area contributed by atoms with Crippen LogP contribution in [0.2, 0.25) is 0 Å². The summed E-state index contributed by atoms with van der Waals surface area (Å²) >= 11 is 1.40. The fourth-order valence-corrected chi connectivity index (χ4v) is 6.54. The molecule has 164 valence electrons. The molecule has 0 bridgehead atoms. The topological polar surface area (TPSA) is 102 Å². The molecule has 0 aliphatic carbocycles. The standard InChI is InChI=1S/C20H26N2O6S2/c1-13(19(24)22-7-5-20(6-8-22)27-9-10-28-20)12-30(25,26)15-3-4-17-16(11-15)21-18(23)14(2)29-17/h3-4,11,13-14H,5-10,12H2,1-2H3,(H,21,23)/t13-,14-/m1/s1. The fraction of sp³-hybridized carbons (Fsp3) is 0.600. The predicted octanol–water partition coefficient (Wildman–Crippen LogP) is 1.89. The molecular formula is C20H26N2O6S2. The Kier molecular flexibility index (Phi) is 5.86. The average molecular weight is 455 g/mol. The van der Waals surface area contributed by atoms with Gasteiger partial charge >= 0.3 is 0 Å². The number of hydrogen-bond donors (Lipinski definition) is 1. The molecule has 30 heavy (non-hydrogen) atoms. The number of anilines is 1. The molecule has 0 unspecified atom stereocenters. The molecule has 2 amide bonds. The van der Waals surface area contributed by atoms with Crippen LogP contribution in [0.5, 0.6) is 0 Å². The van der Waals surface area contributed by atoms with Gasteiger partial charge in [-0.2, -0.15) is 0 Å². The summed E-state index contributed by atoms with van der Waals surface area (Å²) in [6, 6.07) is 4.74. The summed E-state index contributed by atoms with van der Waals surface area (Å²) in [4.78, 5) is 27.4. The van der Waals surface area contributed by atoms with Gasteiger partial charge < -0.3 is 19.7 Å². The first-order valence-corrected chi connectivity index (χ1v) is 12.6. The number of piperidine rings is 1. The first-order chi connectivity index (χ1) is 14.2. The molecule has 1 N–H and O–H groups in total. The highest BCUT2D eigenvalue weighted by molar-refractivity contribution is 8.01. The summed E-state index contributed by atoms with van der Waals surface area (Å²) in [5, 5.41) is 2.53. The number of carbonyl (C=O) groups is 2. The number of ether oxygens (including phenoxy) is 2. The van der Waals surface area contributed by atoms with Crippen LogP contribution in [0.25, 0.3) is 0 Å². The van der Waals surface area contributed by atoms with Crippen molar-refractivity contribution >= 4 is 39.1 Å². The van der Waals surface area contributed by atoms with Gasteiger partial charge in [0.1, 0.15) is 0 Å². The monoisotopic (exact) mass is 454 g/mol. The van der Waals surface area contributed by atoms with E-state index in [0.717, 1.165) is 4.90 Å². The van der Waals surface area contributed by atoms with Crippen LogP contribution in [0.3, 0.4) is 0 Å². The highest BCUT2D eigenvalue weighted by atomic mass is 32.2. The normalized spacial score (nSPS) is 24.4. The van der Waals surface area contributed by atoms with Gasteiger partial charge in [-0.15, -0.1) is 11.8 Å². The number of sulfone groups is 1. The van der Waals surface area contributed by atoms with Crippen molar-refractivity contribution in [1.82, 2.24) is 4.90 Å². The number of likely N-dealkylation sites (tertiary alicyclic amines) is 1. The smallest absolute Gasteiger partial charge is 0.237 e. The third-order valence-electron chi connectivity index (χ3n) is 5.78. The quantitative estimate of drug-likeness (QED) is 0.741. The minimum Gasteiger partial charge on any atom is -0.347 e. The van der Waals surface area contributed by atoms with Crippen LogP contribution >= 0.6 is 11.8 Å². The van der Waals surface area contributed by atoms with Crippen LogP contribution in [0.15, 0.2) is 28.0 Å². The molecule has 3 aliphatic heterocycles. The number of hydrogen-bond acceptors (Lipinski definition) is 7. The summed E-state index contributed by atoms with van der Waals surface area (Å²) in [5.74, 6) is -1.86. The van der Waals surface area contributed by atoms with E-state index in [-0.39, 0.29) is 27.7 Å². The van der Waals surface area contributed by atoms with Gasteiger partial charge in [0.2, 0.25) is 11.8 Å². The summed E-state index contributed by atoms with van der Waals surface area (Å²) < 4.78 is 37.2. The van der Waals surface area contributed by atoms with E-state index in [9.17, 15) is 18.0 Å². The number of nitrogens with zero attached hydrogens (tertiary/aromatic N) is 1. The fourth-order valence-electron chi connectivity index (χ4n) is 4.04. The molecule has 3 aliphatic rings. The van der Waals surface area contributed by atoms with Crippen LogP contribution < -0.4 is 5.32 Å². The van der Waals surface area contributed by atoms with Gasteiger partial charge in [0, 0.05) is 36.7 Å². The summed E-state index contributed by atoms with van der Waals surface area (Å²) in [7, 11) is -3.69. The molecule has 3 heterocycles. The number of carbonyl (C=O) groups excluding carboxylic acids is 2. The Morgan fingerprint density at radius 3 is 2.63 bits per heavy atom. The van der Waals surface area contributed by atoms with E-state index >= 15 is 0 Å². The SMILES string of the molecule is C[C@H](CS(=O)(=O)c1ccc2c(c1)NC(=O)[C@@H](C)S2)C(=O)N1CCC2(CC1)OCCO2. The lowest BCUT2D eigenvalue weighted by Crippen LogP contribution is -2.49.